The summed E-state index contributed by atoms with van der Waals surface area (Å²) in [6, 6.07) is 4.61. The lowest BCUT2D eigenvalue weighted by Gasteiger charge is -2.11. The standard InChI is InChI=1S/C11H9ClFNOS/c12-9-3-1-2-8(11(9)13)10(15)4-7-5-14-6-16-7/h1-3,5-6,10,15H,4H2. The van der Waals surface area contributed by atoms with Crippen molar-refractivity contribution in [3.63, 3.8) is 0 Å². The normalized spacial score (nSPS) is 12.7. The molecule has 0 aliphatic heterocycles. The van der Waals surface area contributed by atoms with Crippen LogP contribution in [0.2, 0.25) is 5.02 Å². The second-order valence-electron chi connectivity index (χ2n) is 3.33. The van der Waals surface area contributed by atoms with Crippen LogP contribution in [0.15, 0.2) is 29.9 Å². The summed E-state index contributed by atoms with van der Waals surface area (Å²) in [5.74, 6) is -0.554. The minimum atomic E-state index is -0.890. The van der Waals surface area contributed by atoms with E-state index in [1.165, 1.54) is 23.5 Å². The lowest BCUT2D eigenvalue weighted by molar-refractivity contribution is 0.174. The third-order valence-corrected chi connectivity index (χ3v) is 3.31. The van der Waals surface area contributed by atoms with Crippen LogP contribution in [0.3, 0.4) is 0 Å². The van der Waals surface area contributed by atoms with E-state index in [1.807, 2.05) is 0 Å². The van der Waals surface area contributed by atoms with Gasteiger partial charge < -0.3 is 5.11 Å². The molecule has 0 amide bonds. The molecule has 0 radical (unpaired) electrons. The van der Waals surface area contributed by atoms with Crippen LogP contribution >= 0.6 is 22.9 Å². The Balaban J connectivity index is 2.21. The predicted molar refractivity (Wildman–Crippen MR) is 62.2 cm³/mol. The summed E-state index contributed by atoms with van der Waals surface area (Å²) in [7, 11) is 0. The van der Waals surface area contributed by atoms with Crippen LogP contribution in [-0.2, 0) is 6.42 Å². The van der Waals surface area contributed by atoms with Crippen molar-refractivity contribution in [3.8, 4) is 0 Å². The molecule has 0 aliphatic carbocycles. The second kappa shape index (κ2) is 4.91. The fraction of sp³-hybridized carbons (Fsp3) is 0.182. The zero-order chi connectivity index (χ0) is 11.5. The van der Waals surface area contributed by atoms with Crippen molar-refractivity contribution in [2.45, 2.75) is 12.5 Å². The first kappa shape index (κ1) is 11.5. The number of benzene rings is 1. The van der Waals surface area contributed by atoms with Crippen molar-refractivity contribution < 1.29 is 9.50 Å². The maximum Gasteiger partial charge on any atom is 0.147 e. The van der Waals surface area contributed by atoms with E-state index in [1.54, 1.807) is 17.8 Å². The van der Waals surface area contributed by atoms with Crippen LogP contribution in [0.5, 0.6) is 0 Å². The summed E-state index contributed by atoms with van der Waals surface area (Å²) in [4.78, 5) is 4.81. The van der Waals surface area contributed by atoms with E-state index in [0.717, 1.165) is 4.88 Å². The molecule has 2 rings (SSSR count). The van der Waals surface area contributed by atoms with E-state index in [2.05, 4.69) is 4.98 Å². The molecule has 0 aliphatic rings. The average molecular weight is 258 g/mol. The number of halogens is 2. The third-order valence-electron chi connectivity index (χ3n) is 2.22. The largest absolute Gasteiger partial charge is 0.388 e. The third kappa shape index (κ3) is 2.40. The van der Waals surface area contributed by atoms with E-state index in [-0.39, 0.29) is 10.6 Å². The molecule has 1 aromatic carbocycles. The molecule has 1 N–H and O–H groups in total. The lowest BCUT2D eigenvalue weighted by atomic mass is 10.1. The van der Waals surface area contributed by atoms with Crippen molar-refractivity contribution >= 4 is 22.9 Å². The van der Waals surface area contributed by atoms with E-state index >= 15 is 0 Å². The van der Waals surface area contributed by atoms with Gasteiger partial charge in [-0.1, -0.05) is 23.7 Å². The molecule has 2 nitrogen and oxygen atoms in total. The molecule has 2 aromatic rings. The van der Waals surface area contributed by atoms with Crippen LogP contribution in [0.1, 0.15) is 16.5 Å². The number of aliphatic hydroxyl groups is 1. The summed E-state index contributed by atoms with van der Waals surface area (Å²) in [6.07, 6.45) is 1.12. The summed E-state index contributed by atoms with van der Waals surface area (Å²) >= 11 is 7.07. The molecule has 1 aromatic heterocycles. The van der Waals surface area contributed by atoms with E-state index < -0.39 is 11.9 Å². The van der Waals surface area contributed by atoms with Gasteiger partial charge in [-0.15, -0.1) is 11.3 Å². The van der Waals surface area contributed by atoms with Crippen molar-refractivity contribution in [3.05, 3.63) is 51.2 Å². The van der Waals surface area contributed by atoms with Gasteiger partial charge >= 0.3 is 0 Å². The van der Waals surface area contributed by atoms with E-state index in [9.17, 15) is 9.50 Å². The topological polar surface area (TPSA) is 33.1 Å². The molecule has 1 atom stereocenters. The fourth-order valence-electron chi connectivity index (χ4n) is 1.42. The Labute approximate surface area is 101 Å². The van der Waals surface area contributed by atoms with E-state index in [0.29, 0.717) is 6.42 Å². The summed E-state index contributed by atoms with van der Waals surface area (Å²) < 4.78 is 13.6. The number of thiazole rings is 1. The van der Waals surface area contributed by atoms with Crippen LogP contribution in [0.25, 0.3) is 0 Å². The smallest absolute Gasteiger partial charge is 0.147 e. The van der Waals surface area contributed by atoms with Crippen molar-refractivity contribution in [1.82, 2.24) is 4.98 Å². The maximum absolute atomic E-state index is 13.6. The van der Waals surface area contributed by atoms with Gasteiger partial charge in [0.2, 0.25) is 0 Å². The van der Waals surface area contributed by atoms with Gasteiger partial charge in [0.15, 0.2) is 0 Å². The minimum Gasteiger partial charge on any atom is -0.388 e. The first-order chi connectivity index (χ1) is 7.68. The molecule has 0 saturated heterocycles. The number of hydrogen-bond donors (Lipinski definition) is 1. The highest BCUT2D eigenvalue weighted by molar-refractivity contribution is 7.09. The van der Waals surface area contributed by atoms with Gasteiger partial charge in [0, 0.05) is 23.1 Å². The van der Waals surface area contributed by atoms with Crippen LogP contribution < -0.4 is 0 Å². The molecular weight excluding hydrogens is 249 g/mol. The Morgan fingerprint density at radius 3 is 3.00 bits per heavy atom. The van der Waals surface area contributed by atoms with Crippen molar-refractivity contribution in [2.24, 2.45) is 0 Å². The second-order valence-corrected chi connectivity index (χ2v) is 4.71. The highest BCUT2D eigenvalue weighted by Crippen LogP contribution is 2.26. The summed E-state index contributed by atoms with van der Waals surface area (Å²) in [5.41, 5.74) is 1.90. The number of hydrogen-bond acceptors (Lipinski definition) is 3. The van der Waals surface area contributed by atoms with Crippen molar-refractivity contribution in [2.75, 3.05) is 0 Å². The first-order valence-electron chi connectivity index (χ1n) is 4.68. The molecule has 0 fully saturated rings. The van der Waals surface area contributed by atoms with Crippen LogP contribution in [-0.4, -0.2) is 10.1 Å². The molecule has 1 heterocycles. The zero-order valence-electron chi connectivity index (χ0n) is 8.23. The Bertz CT molecular complexity index is 475. The summed E-state index contributed by atoms with van der Waals surface area (Å²) in [5, 5.41) is 9.91. The van der Waals surface area contributed by atoms with Gasteiger partial charge in [-0.05, 0) is 6.07 Å². The van der Waals surface area contributed by atoms with E-state index in [4.69, 9.17) is 11.6 Å². The summed E-state index contributed by atoms with van der Waals surface area (Å²) in [6.45, 7) is 0. The highest BCUT2D eigenvalue weighted by atomic mass is 35.5. The Morgan fingerprint density at radius 1 is 1.50 bits per heavy atom. The zero-order valence-corrected chi connectivity index (χ0v) is 9.80. The monoisotopic (exact) mass is 257 g/mol. The SMILES string of the molecule is OC(Cc1cncs1)c1cccc(Cl)c1F. The Kier molecular flexibility index (Phi) is 3.53. The molecule has 0 saturated carbocycles. The average Bonchev–Trinajstić information content (AvgIpc) is 2.74. The lowest BCUT2D eigenvalue weighted by Crippen LogP contribution is -2.03. The molecule has 5 heteroatoms. The van der Waals surface area contributed by atoms with Gasteiger partial charge in [-0.2, -0.15) is 0 Å². The first-order valence-corrected chi connectivity index (χ1v) is 5.93. The van der Waals surface area contributed by atoms with Crippen LogP contribution in [0, 0.1) is 5.82 Å². The maximum atomic E-state index is 13.6. The number of aromatic nitrogens is 1. The van der Waals surface area contributed by atoms with Crippen LogP contribution in [0.4, 0.5) is 4.39 Å². The molecule has 1 unspecified atom stereocenters. The van der Waals surface area contributed by atoms with Gasteiger partial charge in [0.1, 0.15) is 5.82 Å². The predicted octanol–water partition coefficient (Wildman–Crippen LogP) is 3.21. The number of rotatable bonds is 3. The minimum absolute atomic E-state index is 0.0286. The number of nitrogens with zero attached hydrogens (tertiary/aromatic N) is 1. The number of aliphatic hydroxyl groups excluding tert-OH is 1. The van der Waals surface area contributed by atoms with Gasteiger partial charge in [0.25, 0.3) is 0 Å². The fourth-order valence-corrected chi connectivity index (χ4v) is 2.24. The van der Waals surface area contributed by atoms with Gasteiger partial charge in [0.05, 0.1) is 16.6 Å². The van der Waals surface area contributed by atoms with Crippen molar-refractivity contribution in [1.29, 1.82) is 0 Å². The highest BCUT2D eigenvalue weighted by Gasteiger charge is 2.15. The van der Waals surface area contributed by atoms with Gasteiger partial charge in [-0.3, -0.25) is 4.98 Å². The quantitative estimate of drug-likeness (QED) is 0.916. The molecule has 84 valence electrons. The molecule has 0 bridgehead atoms. The van der Waals surface area contributed by atoms with Gasteiger partial charge in [-0.25, -0.2) is 4.39 Å². The molecule has 0 spiro atoms. The Hall–Kier alpha value is -0.970. The molecular formula is C11H9ClFNOS. The Morgan fingerprint density at radius 2 is 2.31 bits per heavy atom. The molecule has 16 heavy (non-hydrogen) atoms.